The van der Waals surface area contributed by atoms with Crippen molar-refractivity contribution in [1.29, 1.82) is 0 Å². The number of benzene rings is 1. The first kappa shape index (κ1) is 14.1. The predicted molar refractivity (Wildman–Crippen MR) is 72.7 cm³/mol. The van der Waals surface area contributed by atoms with E-state index >= 15 is 0 Å². The fourth-order valence-electron chi connectivity index (χ4n) is 1.68. The van der Waals surface area contributed by atoms with Crippen LogP contribution < -0.4 is 0 Å². The maximum Gasteiger partial charge on any atom is 0.228 e. The lowest BCUT2D eigenvalue weighted by Crippen LogP contribution is -1.96. The van der Waals surface area contributed by atoms with Crippen LogP contribution in [0.25, 0.3) is 0 Å². The van der Waals surface area contributed by atoms with Gasteiger partial charge < -0.3 is 0 Å². The molecule has 0 heterocycles. The largest absolute Gasteiger partial charge is 0.285 e. The zero-order valence-electron chi connectivity index (χ0n) is 10.6. The summed E-state index contributed by atoms with van der Waals surface area (Å²) in [6.07, 6.45) is 8.11. The SMILES string of the molecule is CC([C]=O)=CCC(C=C(C)[C]=O)c1ccccc1. The molecule has 1 unspecified atom stereocenters. The van der Waals surface area contributed by atoms with Crippen LogP contribution >= 0.6 is 0 Å². The average molecular weight is 240 g/mol. The van der Waals surface area contributed by atoms with Gasteiger partial charge in [0.05, 0.1) is 0 Å². The summed E-state index contributed by atoms with van der Waals surface area (Å²) in [6.45, 7) is 3.45. The van der Waals surface area contributed by atoms with Crippen LogP contribution in [0.5, 0.6) is 0 Å². The van der Waals surface area contributed by atoms with Gasteiger partial charge in [-0.1, -0.05) is 42.5 Å². The van der Waals surface area contributed by atoms with E-state index in [0.29, 0.717) is 17.6 Å². The van der Waals surface area contributed by atoms with Crippen LogP contribution in [-0.2, 0) is 9.59 Å². The third kappa shape index (κ3) is 4.50. The molecule has 92 valence electrons. The summed E-state index contributed by atoms with van der Waals surface area (Å²) in [7, 11) is 0. The molecule has 1 atom stereocenters. The average Bonchev–Trinajstić information content (AvgIpc) is 2.43. The van der Waals surface area contributed by atoms with Crippen molar-refractivity contribution in [3.63, 3.8) is 0 Å². The summed E-state index contributed by atoms with van der Waals surface area (Å²) in [5, 5.41) is 0. The molecule has 0 aromatic heterocycles. The first-order chi connectivity index (χ1) is 8.67. The van der Waals surface area contributed by atoms with Gasteiger partial charge in [0.25, 0.3) is 0 Å². The van der Waals surface area contributed by atoms with E-state index in [2.05, 4.69) is 0 Å². The van der Waals surface area contributed by atoms with Crippen molar-refractivity contribution in [2.75, 3.05) is 0 Å². The molecule has 2 nitrogen and oxygen atoms in total. The summed E-state index contributed by atoms with van der Waals surface area (Å²) in [5.74, 6) is 0.0796. The van der Waals surface area contributed by atoms with Crippen molar-refractivity contribution in [3.8, 4) is 0 Å². The van der Waals surface area contributed by atoms with Crippen molar-refractivity contribution in [1.82, 2.24) is 0 Å². The predicted octanol–water partition coefficient (Wildman–Crippen LogP) is 3.27. The first-order valence-electron chi connectivity index (χ1n) is 5.83. The van der Waals surface area contributed by atoms with Crippen molar-refractivity contribution < 1.29 is 9.59 Å². The molecule has 0 N–H and O–H groups in total. The zero-order valence-corrected chi connectivity index (χ0v) is 10.6. The Kier molecular flexibility index (Phi) is 5.78. The number of carbonyl (C=O) groups excluding carboxylic acids is 2. The Labute approximate surface area is 108 Å². The lowest BCUT2D eigenvalue weighted by atomic mass is 9.93. The summed E-state index contributed by atoms with van der Waals surface area (Å²) in [6, 6.07) is 9.88. The number of hydrogen-bond acceptors (Lipinski definition) is 2. The fraction of sp³-hybridized carbons (Fsp3) is 0.250. The molecule has 18 heavy (non-hydrogen) atoms. The van der Waals surface area contributed by atoms with Crippen molar-refractivity contribution >= 4 is 12.6 Å². The van der Waals surface area contributed by atoms with Gasteiger partial charge in [-0.05, 0) is 37.0 Å². The number of allylic oxidation sites excluding steroid dienone is 4. The molecule has 0 fully saturated rings. The minimum absolute atomic E-state index is 0.0796. The molecule has 0 aliphatic heterocycles. The van der Waals surface area contributed by atoms with Crippen LogP contribution in [0, 0.1) is 0 Å². The number of rotatable bonds is 6. The Balaban J connectivity index is 2.96. The molecule has 0 aliphatic rings. The fourth-order valence-corrected chi connectivity index (χ4v) is 1.68. The summed E-state index contributed by atoms with van der Waals surface area (Å²) in [4.78, 5) is 21.1. The van der Waals surface area contributed by atoms with E-state index in [1.54, 1.807) is 13.8 Å². The smallest absolute Gasteiger partial charge is 0.228 e. The van der Waals surface area contributed by atoms with Gasteiger partial charge in [0.1, 0.15) is 0 Å². The van der Waals surface area contributed by atoms with Gasteiger partial charge in [0.2, 0.25) is 12.6 Å². The van der Waals surface area contributed by atoms with E-state index in [1.807, 2.05) is 55.1 Å². The van der Waals surface area contributed by atoms with Crippen LogP contribution in [-0.4, -0.2) is 12.6 Å². The van der Waals surface area contributed by atoms with E-state index in [9.17, 15) is 9.59 Å². The Morgan fingerprint density at radius 1 is 1.11 bits per heavy atom. The molecule has 0 bridgehead atoms. The zero-order chi connectivity index (χ0) is 13.4. The van der Waals surface area contributed by atoms with Crippen molar-refractivity contribution in [2.24, 2.45) is 0 Å². The van der Waals surface area contributed by atoms with Crippen LogP contribution in [0.3, 0.4) is 0 Å². The van der Waals surface area contributed by atoms with Gasteiger partial charge in [-0.15, -0.1) is 0 Å². The second kappa shape index (κ2) is 7.38. The summed E-state index contributed by atoms with van der Waals surface area (Å²) >= 11 is 0. The van der Waals surface area contributed by atoms with E-state index in [4.69, 9.17) is 0 Å². The molecule has 0 saturated carbocycles. The van der Waals surface area contributed by atoms with E-state index < -0.39 is 0 Å². The molecule has 2 radical (unpaired) electrons. The van der Waals surface area contributed by atoms with Crippen molar-refractivity contribution in [3.05, 3.63) is 59.2 Å². The lowest BCUT2D eigenvalue weighted by molar-refractivity contribution is 0.560. The van der Waals surface area contributed by atoms with Gasteiger partial charge in [-0.3, -0.25) is 9.59 Å². The van der Waals surface area contributed by atoms with Crippen LogP contribution in [0.15, 0.2) is 53.6 Å². The lowest BCUT2D eigenvalue weighted by Gasteiger charge is -2.11. The second-order valence-corrected chi connectivity index (χ2v) is 4.19. The number of hydrogen-bond donors (Lipinski definition) is 0. The first-order valence-corrected chi connectivity index (χ1v) is 5.83. The quantitative estimate of drug-likeness (QED) is 0.715. The molecular weight excluding hydrogens is 224 g/mol. The second-order valence-electron chi connectivity index (χ2n) is 4.19. The molecular formula is C16H16O2. The monoisotopic (exact) mass is 240 g/mol. The van der Waals surface area contributed by atoms with Crippen LogP contribution in [0.1, 0.15) is 31.7 Å². The van der Waals surface area contributed by atoms with E-state index in [1.165, 1.54) is 0 Å². The van der Waals surface area contributed by atoms with Crippen LogP contribution in [0.4, 0.5) is 0 Å². The van der Waals surface area contributed by atoms with Gasteiger partial charge in [0.15, 0.2) is 0 Å². The highest BCUT2D eigenvalue weighted by atomic mass is 16.1. The van der Waals surface area contributed by atoms with E-state index in [-0.39, 0.29) is 5.92 Å². The standard InChI is InChI=1S/C16H16O2/c1-13(11-17)8-9-16(10-14(2)12-18)15-6-4-3-5-7-15/h3-8,10,16H,9H2,1-2H3. The maximum atomic E-state index is 10.6. The van der Waals surface area contributed by atoms with Gasteiger partial charge in [-0.2, -0.15) is 0 Å². The Bertz CT molecular complexity index is 455. The highest BCUT2D eigenvalue weighted by molar-refractivity contribution is 5.73. The molecule has 1 aromatic rings. The maximum absolute atomic E-state index is 10.6. The Morgan fingerprint density at radius 3 is 2.28 bits per heavy atom. The molecule has 0 saturated heterocycles. The molecule has 0 aliphatic carbocycles. The van der Waals surface area contributed by atoms with Crippen molar-refractivity contribution in [2.45, 2.75) is 26.2 Å². The minimum atomic E-state index is 0.0796. The third-order valence-electron chi connectivity index (χ3n) is 2.68. The molecule has 0 amide bonds. The molecule has 0 spiro atoms. The summed E-state index contributed by atoms with van der Waals surface area (Å²) < 4.78 is 0. The Hall–Kier alpha value is -1.96. The highest BCUT2D eigenvalue weighted by Crippen LogP contribution is 2.23. The van der Waals surface area contributed by atoms with Gasteiger partial charge >= 0.3 is 0 Å². The minimum Gasteiger partial charge on any atom is -0.285 e. The normalized spacial score (nSPS) is 14.1. The topological polar surface area (TPSA) is 34.1 Å². The van der Waals surface area contributed by atoms with Crippen LogP contribution in [0.2, 0.25) is 0 Å². The highest BCUT2D eigenvalue weighted by Gasteiger charge is 2.07. The third-order valence-corrected chi connectivity index (χ3v) is 2.68. The molecule has 1 aromatic carbocycles. The van der Waals surface area contributed by atoms with Gasteiger partial charge in [-0.25, -0.2) is 0 Å². The van der Waals surface area contributed by atoms with Gasteiger partial charge in [0, 0.05) is 5.92 Å². The van der Waals surface area contributed by atoms with E-state index in [0.717, 1.165) is 5.56 Å². The Morgan fingerprint density at radius 2 is 1.72 bits per heavy atom. The molecule has 1 rings (SSSR count). The summed E-state index contributed by atoms with van der Waals surface area (Å²) in [5.41, 5.74) is 2.27. The molecule has 2 heteroatoms.